The van der Waals surface area contributed by atoms with Gasteiger partial charge >= 0.3 is 0 Å². The predicted molar refractivity (Wildman–Crippen MR) is 44.3 cm³/mol. The number of anilines is 1. The zero-order chi connectivity index (χ0) is 7.84. The summed E-state index contributed by atoms with van der Waals surface area (Å²) in [4.78, 5) is 4.14. The van der Waals surface area contributed by atoms with Crippen molar-refractivity contribution in [3.63, 3.8) is 0 Å². The van der Waals surface area contributed by atoms with Crippen molar-refractivity contribution in [2.24, 2.45) is 0 Å². The first-order valence-corrected chi connectivity index (χ1v) is 3.47. The van der Waals surface area contributed by atoms with E-state index in [9.17, 15) is 0 Å². The van der Waals surface area contributed by atoms with Crippen LogP contribution in [0.3, 0.4) is 0 Å². The number of imidazole rings is 1. The van der Waals surface area contributed by atoms with E-state index >= 15 is 0 Å². The van der Waals surface area contributed by atoms with Crippen molar-refractivity contribution in [3.8, 4) is 0 Å². The van der Waals surface area contributed by atoms with Crippen molar-refractivity contribution in [2.75, 3.05) is 5.73 Å². The average molecular weight is 147 g/mol. The fraction of sp³-hybridized carbons (Fsp3) is 0.125. The van der Waals surface area contributed by atoms with Crippen molar-refractivity contribution < 1.29 is 0 Å². The molecule has 0 aliphatic carbocycles. The Kier molecular flexibility index (Phi) is 1.12. The Morgan fingerprint density at radius 2 is 2.36 bits per heavy atom. The van der Waals surface area contributed by atoms with Gasteiger partial charge in [-0.3, -0.25) is 0 Å². The molecule has 0 saturated carbocycles. The molecule has 11 heavy (non-hydrogen) atoms. The maximum Gasteiger partial charge on any atom is 0.110 e. The number of fused-ring (bicyclic) bond motifs is 1. The molecule has 2 heterocycles. The molecule has 3 nitrogen and oxygen atoms in total. The van der Waals surface area contributed by atoms with Gasteiger partial charge in [0.15, 0.2) is 0 Å². The first kappa shape index (κ1) is 6.22. The molecule has 0 aromatic carbocycles. The van der Waals surface area contributed by atoms with E-state index in [0.717, 1.165) is 17.0 Å². The van der Waals surface area contributed by atoms with E-state index in [1.54, 1.807) is 6.20 Å². The summed E-state index contributed by atoms with van der Waals surface area (Å²) < 4.78 is 1.97. The highest BCUT2D eigenvalue weighted by molar-refractivity contribution is 5.68. The van der Waals surface area contributed by atoms with Crippen LogP contribution in [0.4, 0.5) is 5.69 Å². The van der Waals surface area contributed by atoms with Gasteiger partial charge in [0.05, 0.1) is 17.4 Å². The van der Waals surface area contributed by atoms with Gasteiger partial charge in [-0.05, 0) is 19.1 Å². The number of aromatic nitrogens is 2. The lowest BCUT2D eigenvalue weighted by atomic mass is 10.3. The summed E-state index contributed by atoms with van der Waals surface area (Å²) in [5.41, 5.74) is 7.46. The van der Waals surface area contributed by atoms with Gasteiger partial charge in [-0.2, -0.15) is 0 Å². The third-order valence-corrected chi connectivity index (χ3v) is 1.79. The molecule has 0 amide bonds. The van der Waals surface area contributed by atoms with Crippen LogP contribution in [-0.2, 0) is 0 Å². The fourth-order valence-corrected chi connectivity index (χ4v) is 1.17. The Morgan fingerprint density at radius 1 is 1.55 bits per heavy atom. The van der Waals surface area contributed by atoms with Gasteiger partial charge in [-0.1, -0.05) is 0 Å². The second-order valence-corrected chi connectivity index (χ2v) is 2.52. The second kappa shape index (κ2) is 1.99. The van der Waals surface area contributed by atoms with Gasteiger partial charge in [0.1, 0.15) is 5.82 Å². The smallest absolute Gasteiger partial charge is 0.110 e. The minimum Gasteiger partial charge on any atom is -0.397 e. The van der Waals surface area contributed by atoms with Crippen molar-refractivity contribution >= 4 is 11.2 Å². The van der Waals surface area contributed by atoms with E-state index in [4.69, 9.17) is 5.73 Å². The minimum atomic E-state index is 0.771. The highest BCUT2D eigenvalue weighted by Crippen LogP contribution is 2.13. The van der Waals surface area contributed by atoms with Gasteiger partial charge in [0.25, 0.3) is 0 Å². The molecule has 2 N–H and O–H groups in total. The third-order valence-electron chi connectivity index (χ3n) is 1.79. The van der Waals surface area contributed by atoms with E-state index in [2.05, 4.69) is 4.98 Å². The SMILES string of the molecule is Cc1ncc2c(N)cccn12. The van der Waals surface area contributed by atoms with Crippen LogP contribution in [0, 0.1) is 6.92 Å². The second-order valence-electron chi connectivity index (χ2n) is 2.52. The molecule has 0 fully saturated rings. The highest BCUT2D eigenvalue weighted by Gasteiger charge is 1.98. The van der Waals surface area contributed by atoms with Crippen LogP contribution in [-0.4, -0.2) is 9.38 Å². The molecule has 0 saturated heterocycles. The Balaban J connectivity index is 2.94. The zero-order valence-corrected chi connectivity index (χ0v) is 6.28. The maximum absolute atomic E-state index is 5.71. The highest BCUT2D eigenvalue weighted by atomic mass is 15.0. The quantitative estimate of drug-likeness (QED) is 0.609. The molecule has 2 rings (SSSR count). The number of hydrogen-bond donors (Lipinski definition) is 1. The number of aryl methyl sites for hydroxylation is 1. The molecule has 2 aromatic heterocycles. The van der Waals surface area contributed by atoms with Gasteiger partial charge in [0.2, 0.25) is 0 Å². The number of hydrogen-bond acceptors (Lipinski definition) is 2. The maximum atomic E-state index is 5.71. The van der Waals surface area contributed by atoms with Gasteiger partial charge in [0, 0.05) is 6.20 Å². The number of rotatable bonds is 0. The zero-order valence-electron chi connectivity index (χ0n) is 6.28. The van der Waals surface area contributed by atoms with E-state index in [0.29, 0.717) is 0 Å². The standard InChI is InChI=1S/C8H9N3/c1-6-10-5-8-7(9)3-2-4-11(6)8/h2-5H,9H2,1H3. The van der Waals surface area contributed by atoms with Crippen LogP contribution < -0.4 is 5.73 Å². The van der Waals surface area contributed by atoms with E-state index in [1.165, 1.54) is 0 Å². The van der Waals surface area contributed by atoms with Crippen LogP contribution in [0.1, 0.15) is 5.82 Å². The largest absolute Gasteiger partial charge is 0.397 e. The molecular weight excluding hydrogens is 138 g/mol. The topological polar surface area (TPSA) is 43.3 Å². The molecule has 0 aliphatic rings. The molecule has 0 radical (unpaired) electrons. The molecule has 0 aliphatic heterocycles. The van der Waals surface area contributed by atoms with Crippen molar-refractivity contribution in [3.05, 3.63) is 30.4 Å². The van der Waals surface area contributed by atoms with Crippen molar-refractivity contribution in [1.29, 1.82) is 0 Å². The summed E-state index contributed by atoms with van der Waals surface area (Å²) in [6.45, 7) is 1.95. The van der Waals surface area contributed by atoms with E-state index in [-0.39, 0.29) is 0 Å². The van der Waals surface area contributed by atoms with Crippen molar-refractivity contribution in [2.45, 2.75) is 6.92 Å². The Bertz CT molecular complexity index is 389. The number of nitrogens with zero attached hydrogens (tertiary/aromatic N) is 2. The molecule has 0 spiro atoms. The average Bonchev–Trinajstić information content (AvgIpc) is 2.35. The van der Waals surface area contributed by atoms with E-state index < -0.39 is 0 Å². The monoisotopic (exact) mass is 147 g/mol. The van der Waals surface area contributed by atoms with Gasteiger partial charge in [-0.25, -0.2) is 4.98 Å². The number of pyridine rings is 1. The van der Waals surface area contributed by atoms with Gasteiger partial charge in [-0.15, -0.1) is 0 Å². The molecular formula is C8H9N3. The molecule has 3 heteroatoms. The summed E-state index contributed by atoms with van der Waals surface area (Å²) in [5.74, 6) is 0.965. The molecule has 0 bridgehead atoms. The summed E-state index contributed by atoms with van der Waals surface area (Å²) in [6.07, 6.45) is 3.73. The summed E-state index contributed by atoms with van der Waals surface area (Å²) in [7, 11) is 0. The molecule has 0 unspecified atom stereocenters. The Morgan fingerprint density at radius 3 is 3.09 bits per heavy atom. The number of nitrogen functional groups attached to an aromatic ring is 1. The van der Waals surface area contributed by atoms with Crippen molar-refractivity contribution in [1.82, 2.24) is 9.38 Å². The molecule has 2 aromatic rings. The summed E-state index contributed by atoms with van der Waals surface area (Å²) in [6, 6.07) is 3.79. The lowest BCUT2D eigenvalue weighted by Gasteiger charge is -1.97. The van der Waals surface area contributed by atoms with Crippen LogP contribution in [0.25, 0.3) is 5.52 Å². The van der Waals surface area contributed by atoms with Crippen LogP contribution >= 0.6 is 0 Å². The normalized spacial score (nSPS) is 10.6. The van der Waals surface area contributed by atoms with Gasteiger partial charge < -0.3 is 10.1 Å². The third kappa shape index (κ3) is 0.774. The summed E-state index contributed by atoms with van der Waals surface area (Å²) >= 11 is 0. The molecule has 0 atom stereocenters. The Hall–Kier alpha value is -1.51. The lowest BCUT2D eigenvalue weighted by Crippen LogP contribution is -1.91. The minimum absolute atomic E-state index is 0.771. The first-order chi connectivity index (χ1) is 5.29. The first-order valence-electron chi connectivity index (χ1n) is 3.47. The lowest BCUT2D eigenvalue weighted by molar-refractivity contribution is 1.05. The van der Waals surface area contributed by atoms with Crippen LogP contribution in [0.15, 0.2) is 24.5 Å². The predicted octanol–water partition coefficient (Wildman–Crippen LogP) is 1.22. The molecule has 56 valence electrons. The summed E-state index contributed by atoms with van der Waals surface area (Å²) in [5, 5.41) is 0. The van der Waals surface area contributed by atoms with Crippen LogP contribution in [0.2, 0.25) is 0 Å². The van der Waals surface area contributed by atoms with Crippen LogP contribution in [0.5, 0.6) is 0 Å². The fourth-order valence-electron chi connectivity index (χ4n) is 1.17. The van der Waals surface area contributed by atoms with E-state index in [1.807, 2.05) is 29.7 Å². The Labute approximate surface area is 64.5 Å². The number of nitrogens with two attached hydrogens (primary N) is 1.